The summed E-state index contributed by atoms with van der Waals surface area (Å²) >= 11 is 5.77. The molecule has 2 aromatic carbocycles. The van der Waals surface area contributed by atoms with Gasteiger partial charge in [-0.3, -0.25) is 0 Å². The smallest absolute Gasteiger partial charge is 0.417 e. The highest BCUT2D eigenvalue weighted by molar-refractivity contribution is 6.30. The van der Waals surface area contributed by atoms with Crippen molar-refractivity contribution in [3.05, 3.63) is 99.8 Å². The molecule has 2 N–H and O–H groups in total. The number of phenols is 1. The van der Waals surface area contributed by atoms with Gasteiger partial charge < -0.3 is 14.9 Å². The molecule has 8 heteroatoms. The molecule has 190 valence electrons. The van der Waals surface area contributed by atoms with Crippen LogP contribution in [0.3, 0.4) is 0 Å². The van der Waals surface area contributed by atoms with Gasteiger partial charge in [0.25, 0.3) is 0 Å². The number of carboxylic acid groups (broad SMARTS) is 1. The fraction of sp³-hybridized carbons (Fsp3) is 0.250. The lowest BCUT2D eigenvalue weighted by molar-refractivity contribution is -0.137. The first-order chi connectivity index (χ1) is 17.0. The minimum atomic E-state index is -4.69. The molecule has 0 unspecified atom stereocenters. The van der Waals surface area contributed by atoms with E-state index in [2.05, 4.69) is 18.4 Å². The normalized spacial score (nSPS) is 11.8. The number of aryl methyl sites for hydroxylation is 1. The number of benzene rings is 2. The van der Waals surface area contributed by atoms with Gasteiger partial charge in [-0.25, -0.2) is 4.79 Å². The maximum Gasteiger partial charge on any atom is 0.417 e. The molecule has 0 radical (unpaired) electrons. The van der Waals surface area contributed by atoms with Crippen molar-refractivity contribution < 1.29 is 32.9 Å². The third kappa shape index (κ3) is 9.20. The molecule has 0 aromatic heterocycles. The van der Waals surface area contributed by atoms with E-state index in [-0.39, 0.29) is 11.1 Å². The Bertz CT molecular complexity index is 1220. The number of unbranched alkanes of at least 4 members (excludes halogenated alkanes) is 1. The number of alkyl halides is 3. The largest absolute Gasteiger partial charge is 0.508 e. The van der Waals surface area contributed by atoms with Gasteiger partial charge >= 0.3 is 12.1 Å². The van der Waals surface area contributed by atoms with Crippen LogP contribution in [-0.2, 0) is 17.3 Å². The number of carbonyl (C=O) groups is 1. The van der Waals surface area contributed by atoms with E-state index in [4.69, 9.17) is 16.3 Å². The van der Waals surface area contributed by atoms with Gasteiger partial charge in [-0.05, 0) is 79.5 Å². The molecule has 0 aliphatic carbocycles. The summed E-state index contributed by atoms with van der Waals surface area (Å²) in [5.74, 6) is 4.23. The highest BCUT2D eigenvalue weighted by atomic mass is 35.5. The lowest BCUT2D eigenvalue weighted by Crippen LogP contribution is -2.07. The zero-order chi connectivity index (χ0) is 26.7. The first-order valence-corrected chi connectivity index (χ1v) is 11.5. The van der Waals surface area contributed by atoms with Gasteiger partial charge in [0.1, 0.15) is 11.5 Å². The van der Waals surface area contributed by atoms with E-state index >= 15 is 0 Å². The monoisotopic (exact) mass is 518 g/mol. The summed E-state index contributed by atoms with van der Waals surface area (Å²) in [6.07, 6.45) is 3.20. The Morgan fingerprint density at radius 2 is 1.83 bits per heavy atom. The zero-order valence-electron chi connectivity index (χ0n) is 19.7. The Morgan fingerprint density at radius 1 is 1.14 bits per heavy atom. The van der Waals surface area contributed by atoms with Crippen molar-refractivity contribution in [1.29, 1.82) is 0 Å². The second-order valence-corrected chi connectivity index (χ2v) is 8.27. The van der Waals surface area contributed by atoms with Crippen molar-refractivity contribution in [2.75, 3.05) is 6.61 Å². The molecule has 0 aliphatic rings. The molecule has 0 heterocycles. The van der Waals surface area contributed by atoms with E-state index in [1.54, 1.807) is 12.2 Å². The molecule has 2 aromatic rings. The topological polar surface area (TPSA) is 66.8 Å². The highest BCUT2D eigenvalue weighted by Crippen LogP contribution is 2.33. The summed E-state index contributed by atoms with van der Waals surface area (Å²) in [5, 5.41) is 19.2. The Labute approximate surface area is 213 Å². The minimum Gasteiger partial charge on any atom is -0.508 e. The van der Waals surface area contributed by atoms with E-state index in [0.717, 1.165) is 25.0 Å². The molecule has 0 fully saturated rings. The van der Waals surface area contributed by atoms with Gasteiger partial charge in [-0.1, -0.05) is 43.4 Å². The Balaban J connectivity index is 2.26. The lowest BCUT2D eigenvalue weighted by Gasteiger charge is -2.10. The number of hydrogen-bond donors (Lipinski definition) is 2. The molecular weight excluding hydrogens is 493 g/mol. The summed E-state index contributed by atoms with van der Waals surface area (Å²) in [7, 11) is 0. The second kappa shape index (κ2) is 13.5. The summed E-state index contributed by atoms with van der Waals surface area (Å²) in [4.78, 5) is 11.4. The number of halogens is 4. The maximum absolute atomic E-state index is 13.3. The van der Waals surface area contributed by atoms with Crippen LogP contribution in [0.4, 0.5) is 13.2 Å². The molecule has 0 spiro atoms. The Morgan fingerprint density at radius 3 is 2.47 bits per heavy atom. The third-order valence-electron chi connectivity index (χ3n) is 4.91. The SMILES string of the molecule is C=C(Cl)/C=C\C(=C/CCC)OCCCc1cc(C(=O)O)ccc1C#Cc1ccc(O)cc1C(F)(F)F. The molecule has 36 heavy (non-hydrogen) atoms. The van der Waals surface area contributed by atoms with Crippen LogP contribution in [0.15, 0.2) is 72.0 Å². The molecule has 0 aliphatic heterocycles. The van der Waals surface area contributed by atoms with Crippen LogP contribution in [-0.4, -0.2) is 22.8 Å². The maximum atomic E-state index is 13.3. The van der Waals surface area contributed by atoms with E-state index in [9.17, 15) is 28.2 Å². The Hall–Kier alpha value is -3.63. The van der Waals surface area contributed by atoms with Gasteiger partial charge in [-0.15, -0.1) is 0 Å². The van der Waals surface area contributed by atoms with Crippen LogP contribution in [0.1, 0.15) is 58.8 Å². The first-order valence-electron chi connectivity index (χ1n) is 11.1. The number of aromatic carboxylic acids is 1. The van der Waals surface area contributed by atoms with Crippen molar-refractivity contribution >= 4 is 17.6 Å². The van der Waals surface area contributed by atoms with Crippen molar-refractivity contribution in [2.24, 2.45) is 0 Å². The molecular formula is C28H26ClF3O4. The van der Waals surface area contributed by atoms with Gasteiger partial charge in [0.05, 0.1) is 17.7 Å². The predicted molar refractivity (Wildman–Crippen MR) is 134 cm³/mol. The number of aromatic hydroxyl groups is 1. The van der Waals surface area contributed by atoms with Gasteiger partial charge in [-0.2, -0.15) is 13.2 Å². The Kier molecular flexibility index (Phi) is 10.7. The fourth-order valence-corrected chi connectivity index (χ4v) is 3.22. The van der Waals surface area contributed by atoms with Crippen molar-refractivity contribution in [3.63, 3.8) is 0 Å². The van der Waals surface area contributed by atoms with E-state index in [1.165, 1.54) is 18.2 Å². The van der Waals surface area contributed by atoms with Gasteiger partial charge in [0.2, 0.25) is 0 Å². The number of phenolic OH excluding ortho intramolecular Hbond substituents is 1. The molecule has 0 amide bonds. The van der Waals surface area contributed by atoms with E-state index in [0.29, 0.717) is 47.4 Å². The molecule has 4 nitrogen and oxygen atoms in total. The van der Waals surface area contributed by atoms with Crippen LogP contribution in [0.5, 0.6) is 5.75 Å². The number of ether oxygens (including phenoxy) is 1. The van der Waals surface area contributed by atoms with Crippen molar-refractivity contribution in [2.45, 2.75) is 38.8 Å². The highest BCUT2D eigenvalue weighted by Gasteiger charge is 2.33. The number of rotatable bonds is 10. The third-order valence-corrected chi connectivity index (χ3v) is 5.04. The summed E-state index contributed by atoms with van der Waals surface area (Å²) in [6, 6.07) is 7.12. The van der Waals surface area contributed by atoms with Crippen LogP contribution >= 0.6 is 11.6 Å². The first kappa shape index (κ1) is 28.6. The van der Waals surface area contributed by atoms with Crippen molar-refractivity contribution in [1.82, 2.24) is 0 Å². The number of carboxylic acids is 1. The molecule has 2 rings (SSSR count). The van der Waals surface area contributed by atoms with E-state index in [1.807, 2.05) is 13.0 Å². The van der Waals surface area contributed by atoms with Crippen molar-refractivity contribution in [3.8, 4) is 17.6 Å². The standard InChI is InChI=1S/C28H26ClF3O4/c1-3-4-7-25(15-8-19(2)29)36-16-5-6-22-17-23(27(34)35)12-10-20(22)9-11-21-13-14-24(33)18-26(21)28(30,31)32/h7-8,10,12-15,17-18,33H,2-6,16H2,1H3,(H,34,35)/b15-8-,25-7+. The van der Waals surface area contributed by atoms with Crippen LogP contribution in [0, 0.1) is 11.8 Å². The fourth-order valence-electron chi connectivity index (χ4n) is 3.15. The minimum absolute atomic E-state index is 0.0455. The van der Waals surface area contributed by atoms with E-state index < -0.39 is 23.5 Å². The molecule has 0 saturated heterocycles. The summed E-state index contributed by atoms with van der Waals surface area (Å²) in [5.41, 5.74) is -0.325. The molecule has 0 saturated carbocycles. The van der Waals surface area contributed by atoms with Crippen LogP contribution in [0.2, 0.25) is 0 Å². The molecule has 0 bridgehead atoms. The summed E-state index contributed by atoms with van der Waals surface area (Å²) < 4.78 is 45.8. The van der Waals surface area contributed by atoms with Crippen LogP contribution in [0.25, 0.3) is 0 Å². The second-order valence-electron chi connectivity index (χ2n) is 7.78. The lowest BCUT2D eigenvalue weighted by atomic mass is 9.99. The summed E-state index contributed by atoms with van der Waals surface area (Å²) in [6.45, 7) is 5.95. The quantitative estimate of drug-likeness (QED) is 0.148. The van der Waals surface area contributed by atoms with Gasteiger partial charge in [0, 0.05) is 16.2 Å². The predicted octanol–water partition coefficient (Wildman–Crippen LogP) is 7.45. The van der Waals surface area contributed by atoms with Crippen LogP contribution < -0.4 is 0 Å². The van der Waals surface area contributed by atoms with Gasteiger partial charge in [0.15, 0.2) is 0 Å². The molecule has 0 atom stereocenters. The average Bonchev–Trinajstić information content (AvgIpc) is 2.81. The zero-order valence-corrected chi connectivity index (χ0v) is 20.4. The average molecular weight is 519 g/mol. The number of hydrogen-bond acceptors (Lipinski definition) is 3. The number of allylic oxidation sites excluding steroid dienone is 4.